The van der Waals surface area contributed by atoms with Gasteiger partial charge in [0.2, 0.25) is 17.7 Å². The van der Waals surface area contributed by atoms with Gasteiger partial charge >= 0.3 is 0 Å². The van der Waals surface area contributed by atoms with Crippen LogP contribution in [0.4, 0.5) is 0 Å². The van der Waals surface area contributed by atoms with Crippen molar-refractivity contribution in [2.75, 3.05) is 6.54 Å². The van der Waals surface area contributed by atoms with Gasteiger partial charge < -0.3 is 10.6 Å². The molecule has 0 spiro atoms. The third kappa shape index (κ3) is 10.9. The second kappa shape index (κ2) is 16.5. The first kappa shape index (κ1) is 35.0. The smallest absolute Gasteiger partial charge is 0.247 e. The molecule has 1 aromatic carbocycles. The van der Waals surface area contributed by atoms with Crippen molar-refractivity contribution < 1.29 is 19.6 Å². The predicted molar refractivity (Wildman–Crippen MR) is 170 cm³/mol. The second-order valence-electron chi connectivity index (χ2n) is 14.1. The zero-order chi connectivity index (χ0) is 31.5. The molecule has 0 radical (unpaired) electrons. The third-order valence-electron chi connectivity index (χ3n) is 9.02. The molecule has 0 saturated carbocycles. The molecule has 9 heteroatoms. The molecule has 0 aliphatic carbocycles. The van der Waals surface area contributed by atoms with Gasteiger partial charge in [-0.15, -0.1) is 0 Å². The molecule has 9 nitrogen and oxygen atoms in total. The van der Waals surface area contributed by atoms with Crippen LogP contribution in [-0.2, 0) is 20.8 Å². The van der Waals surface area contributed by atoms with E-state index < -0.39 is 23.8 Å². The van der Waals surface area contributed by atoms with Crippen molar-refractivity contribution >= 4 is 17.7 Å². The predicted octanol–water partition coefficient (Wildman–Crippen LogP) is 5.03. The Morgan fingerprint density at radius 3 is 2.26 bits per heavy atom. The van der Waals surface area contributed by atoms with E-state index in [-0.39, 0.29) is 28.9 Å². The average molecular weight is 600 g/mol. The maximum atomic E-state index is 14.3. The Hall–Kier alpha value is -2.49. The number of benzene rings is 1. The number of unbranched alkanes of at least 4 members (excludes halogenated alkanes) is 4. The van der Waals surface area contributed by atoms with E-state index in [0.29, 0.717) is 32.2 Å². The van der Waals surface area contributed by atoms with Crippen LogP contribution < -0.4 is 21.5 Å². The van der Waals surface area contributed by atoms with Crippen LogP contribution in [0.5, 0.6) is 0 Å². The SMILES string of the molecule is CCCCCCCC(C(=O)N1NCCC[C@H]1C(=O)NC1CC(C)(C)NC(C)(C)C1)[C@@H](CCCc1ccccc1)C(=O)NO. The molecule has 242 valence electrons. The first-order chi connectivity index (χ1) is 20.5. The molecule has 2 aliphatic heterocycles. The fourth-order valence-corrected chi connectivity index (χ4v) is 7.35. The number of nitrogens with one attached hydrogen (secondary N) is 4. The van der Waals surface area contributed by atoms with Gasteiger partial charge in [-0.1, -0.05) is 69.4 Å². The van der Waals surface area contributed by atoms with Gasteiger partial charge in [-0.3, -0.25) is 24.6 Å². The maximum Gasteiger partial charge on any atom is 0.247 e. The first-order valence-electron chi connectivity index (χ1n) is 16.6. The molecule has 5 N–H and O–H groups in total. The molecular formula is C34H57N5O4. The summed E-state index contributed by atoms with van der Waals surface area (Å²) >= 11 is 0. The molecule has 43 heavy (non-hydrogen) atoms. The van der Waals surface area contributed by atoms with Crippen LogP contribution in [0.15, 0.2) is 30.3 Å². The second-order valence-corrected chi connectivity index (χ2v) is 14.1. The number of hydrogen-bond acceptors (Lipinski definition) is 6. The summed E-state index contributed by atoms with van der Waals surface area (Å²) in [5, 5.41) is 18.1. The molecule has 1 unspecified atom stereocenters. The van der Waals surface area contributed by atoms with E-state index in [1.807, 2.05) is 23.7 Å². The summed E-state index contributed by atoms with van der Waals surface area (Å²) in [7, 11) is 0. The first-order valence-corrected chi connectivity index (χ1v) is 16.6. The highest BCUT2D eigenvalue weighted by Crippen LogP contribution is 2.31. The van der Waals surface area contributed by atoms with Gasteiger partial charge in [-0.2, -0.15) is 0 Å². The lowest BCUT2D eigenvalue weighted by atomic mass is 9.79. The number of rotatable bonds is 15. The van der Waals surface area contributed by atoms with Gasteiger partial charge in [0.1, 0.15) is 6.04 Å². The minimum atomic E-state index is -0.689. The van der Waals surface area contributed by atoms with Gasteiger partial charge in [-0.05, 0) is 84.6 Å². The fourth-order valence-electron chi connectivity index (χ4n) is 7.35. The summed E-state index contributed by atoms with van der Waals surface area (Å²) in [4.78, 5) is 41.2. The van der Waals surface area contributed by atoms with Crippen molar-refractivity contribution in [1.29, 1.82) is 0 Å². The van der Waals surface area contributed by atoms with Crippen LogP contribution in [0.1, 0.15) is 117 Å². The van der Waals surface area contributed by atoms with Crippen molar-refractivity contribution in [3.05, 3.63) is 35.9 Å². The number of hydrogen-bond donors (Lipinski definition) is 5. The Labute approximate surface area is 259 Å². The summed E-state index contributed by atoms with van der Waals surface area (Å²) in [6, 6.07) is 9.43. The van der Waals surface area contributed by atoms with Crippen LogP contribution in [0, 0.1) is 11.8 Å². The van der Waals surface area contributed by atoms with E-state index in [1.165, 1.54) is 10.6 Å². The molecule has 3 amide bonds. The van der Waals surface area contributed by atoms with Gasteiger partial charge in [0.05, 0.1) is 11.8 Å². The van der Waals surface area contributed by atoms with E-state index in [2.05, 4.69) is 62.8 Å². The zero-order valence-corrected chi connectivity index (χ0v) is 27.2. The van der Waals surface area contributed by atoms with Gasteiger partial charge in [0, 0.05) is 23.7 Å². The maximum absolute atomic E-state index is 14.3. The van der Waals surface area contributed by atoms with E-state index in [0.717, 1.165) is 57.8 Å². The molecule has 0 aromatic heterocycles. The van der Waals surface area contributed by atoms with Gasteiger partial charge in [0.15, 0.2) is 0 Å². The van der Waals surface area contributed by atoms with E-state index in [1.54, 1.807) is 0 Å². The minimum absolute atomic E-state index is 0.00195. The Kier molecular flexibility index (Phi) is 13.5. The van der Waals surface area contributed by atoms with Crippen LogP contribution in [0.2, 0.25) is 0 Å². The highest BCUT2D eigenvalue weighted by atomic mass is 16.5. The van der Waals surface area contributed by atoms with E-state index in [4.69, 9.17) is 0 Å². The molecule has 2 fully saturated rings. The van der Waals surface area contributed by atoms with Crippen molar-refractivity contribution in [2.24, 2.45) is 11.8 Å². The molecule has 2 heterocycles. The molecule has 2 saturated heterocycles. The normalized spacial score (nSPS) is 21.5. The van der Waals surface area contributed by atoms with Gasteiger partial charge in [-0.25, -0.2) is 10.9 Å². The van der Waals surface area contributed by atoms with Crippen LogP contribution in [0.3, 0.4) is 0 Å². The van der Waals surface area contributed by atoms with Crippen LogP contribution in [-0.4, -0.2) is 57.6 Å². The largest absolute Gasteiger partial charge is 0.351 e. The summed E-state index contributed by atoms with van der Waals surface area (Å²) in [5.41, 5.74) is 6.01. The third-order valence-corrected chi connectivity index (χ3v) is 9.02. The topological polar surface area (TPSA) is 123 Å². The van der Waals surface area contributed by atoms with Crippen LogP contribution in [0.25, 0.3) is 0 Å². The Morgan fingerprint density at radius 1 is 0.953 bits per heavy atom. The standard InChI is InChI=1S/C34H57N5O4/c1-6-7-8-9-13-19-28(27(30(40)37-43)20-14-18-25-16-11-10-12-17-25)32(42)39-29(21-15-22-35-39)31(41)36-26-23-33(2,3)38-34(4,5)24-26/h10-12,16-17,26-29,35,38,43H,6-9,13-15,18-24H2,1-5H3,(H,36,41)(H,37,40)/t27-,28?,29+/m1/s1. The number of hydroxylamine groups is 1. The molecule has 2 aliphatic rings. The lowest BCUT2D eigenvalue weighted by molar-refractivity contribution is -0.155. The quantitative estimate of drug-likeness (QED) is 0.110. The Bertz CT molecular complexity index is 1010. The number of carbonyl (C=O) groups is 3. The summed E-state index contributed by atoms with van der Waals surface area (Å²) < 4.78 is 0. The number of carbonyl (C=O) groups excluding carboxylic acids is 3. The summed E-state index contributed by atoms with van der Waals surface area (Å²) in [6.07, 6.45) is 10.6. The molecule has 3 atom stereocenters. The average Bonchev–Trinajstić information content (AvgIpc) is 2.96. The lowest BCUT2D eigenvalue weighted by Gasteiger charge is -2.47. The lowest BCUT2D eigenvalue weighted by Crippen LogP contribution is -2.65. The summed E-state index contributed by atoms with van der Waals surface area (Å²) in [5.74, 6) is -2.23. The minimum Gasteiger partial charge on any atom is -0.351 e. The Morgan fingerprint density at radius 2 is 1.60 bits per heavy atom. The van der Waals surface area contributed by atoms with Gasteiger partial charge in [0.25, 0.3) is 0 Å². The number of aryl methyl sites for hydroxylation is 1. The number of piperidine rings is 1. The zero-order valence-electron chi connectivity index (χ0n) is 27.2. The molecule has 3 rings (SSSR count). The van der Waals surface area contributed by atoms with Crippen molar-refractivity contribution in [1.82, 2.24) is 26.5 Å². The summed E-state index contributed by atoms with van der Waals surface area (Å²) in [6.45, 7) is 11.4. The van der Waals surface area contributed by atoms with Crippen molar-refractivity contribution in [3.63, 3.8) is 0 Å². The van der Waals surface area contributed by atoms with E-state index >= 15 is 0 Å². The number of hydrazine groups is 1. The highest BCUT2D eigenvalue weighted by molar-refractivity contribution is 5.91. The number of amides is 3. The molecule has 1 aromatic rings. The Balaban J connectivity index is 1.78. The molecular weight excluding hydrogens is 542 g/mol. The fraction of sp³-hybridized carbons (Fsp3) is 0.735. The highest BCUT2D eigenvalue weighted by Gasteiger charge is 2.43. The number of nitrogens with zero attached hydrogens (tertiary/aromatic N) is 1. The van der Waals surface area contributed by atoms with Crippen LogP contribution >= 0.6 is 0 Å². The molecule has 0 bridgehead atoms. The van der Waals surface area contributed by atoms with Crippen molar-refractivity contribution in [2.45, 2.75) is 141 Å². The van der Waals surface area contributed by atoms with E-state index in [9.17, 15) is 19.6 Å². The monoisotopic (exact) mass is 599 g/mol. The van der Waals surface area contributed by atoms with Crippen molar-refractivity contribution in [3.8, 4) is 0 Å².